The number of β-amino-alcohol motifs (C(OH)–C–C–N with tert-alkyl or cyclic N) is 2. The number of aliphatic hydroxyl groups is 2. The highest BCUT2D eigenvalue weighted by Crippen LogP contribution is 2.30. The van der Waals surface area contributed by atoms with Gasteiger partial charge in [-0.2, -0.15) is 0 Å². The summed E-state index contributed by atoms with van der Waals surface area (Å²) in [4.78, 5) is 30.5. The molecule has 0 aliphatic carbocycles. The summed E-state index contributed by atoms with van der Waals surface area (Å²) in [5, 5.41) is 20.8. The maximum atomic E-state index is 13.3. The highest BCUT2D eigenvalue weighted by Gasteiger charge is 2.34. The molecule has 3 rings (SSSR count). The molecule has 2 fully saturated rings. The molecule has 1 aromatic carbocycles. The monoisotopic (exact) mass is 495 g/mol. The zero-order valence-electron chi connectivity index (χ0n) is 19.9. The third kappa shape index (κ3) is 7.25. The van der Waals surface area contributed by atoms with Crippen molar-refractivity contribution in [3.05, 3.63) is 40.7 Å². The summed E-state index contributed by atoms with van der Waals surface area (Å²) in [6.07, 6.45) is 3.52. The SMILES string of the molecule is CC1(C)CCN(CC(O)CCN2CCN(C(=O)/C=C/c3ccc(F)c(Cl)c3)CCC2=O)C[C@@H]1O. The van der Waals surface area contributed by atoms with Crippen LogP contribution in [0.4, 0.5) is 4.39 Å². The molecule has 2 amide bonds. The van der Waals surface area contributed by atoms with E-state index in [1.54, 1.807) is 15.9 Å². The fourth-order valence-corrected chi connectivity index (χ4v) is 4.46. The van der Waals surface area contributed by atoms with E-state index in [9.17, 15) is 24.2 Å². The maximum absolute atomic E-state index is 13.3. The van der Waals surface area contributed by atoms with Gasteiger partial charge in [0.2, 0.25) is 11.8 Å². The Morgan fingerprint density at radius 1 is 1.29 bits per heavy atom. The lowest BCUT2D eigenvalue weighted by Crippen LogP contribution is -2.50. The van der Waals surface area contributed by atoms with Crippen LogP contribution in [-0.4, -0.2) is 94.7 Å². The Morgan fingerprint density at radius 3 is 2.76 bits per heavy atom. The lowest BCUT2D eigenvalue weighted by atomic mass is 9.80. The number of piperidine rings is 1. The largest absolute Gasteiger partial charge is 0.392 e. The standard InChI is InChI=1S/C25H35ClFN3O4/c1-25(2)9-12-28(17-22(25)32)16-19(31)7-10-29-13-14-30(11-8-24(29)34)23(33)6-4-18-3-5-21(27)20(26)15-18/h3-6,15,19,22,31-32H,7-14,16-17H2,1-2H3/b6-4+/t19?,22-/m0/s1. The fraction of sp³-hybridized carbons (Fsp3) is 0.600. The minimum Gasteiger partial charge on any atom is -0.392 e. The van der Waals surface area contributed by atoms with Crippen molar-refractivity contribution in [2.75, 3.05) is 45.8 Å². The fourth-order valence-electron chi connectivity index (χ4n) is 4.27. The van der Waals surface area contributed by atoms with E-state index in [0.717, 1.165) is 13.0 Å². The van der Waals surface area contributed by atoms with Crippen molar-refractivity contribution in [3.63, 3.8) is 0 Å². The molecule has 1 unspecified atom stereocenters. The van der Waals surface area contributed by atoms with Crippen molar-refractivity contribution in [1.82, 2.24) is 14.7 Å². The van der Waals surface area contributed by atoms with E-state index in [0.29, 0.717) is 51.3 Å². The van der Waals surface area contributed by atoms with Gasteiger partial charge in [0.05, 0.1) is 17.2 Å². The molecule has 2 aliphatic heterocycles. The van der Waals surface area contributed by atoms with E-state index in [-0.39, 0.29) is 28.7 Å². The number of carbonyl (C=O) groups is 2. The number of aliphatic hydroxyl groups excluding tert-OH is 2. The number of halogens is 2. The second kappa shape index (κ2) is 11.6. The van der Waals surface area contributed by atoms with Crippen LogP contribution in [0.25, 0.3) is 6.08 Å². The van der Waals surface area contributed by atoms with E-state index in [4.69, 9.17) is 11.6 Å². The third-order valence-electron chi connectivity index (χ3n) is 6.87. The van der Waals surface area contributed by atoms with Crippen LogP contribution >= 0.6 is 11.6 Å². The van der Waals surface area contributed by atoms with Crippen LogP contribution in [0.2, 0.25) is 5.02 Å². The van der Waals surface area contributed by atoms with Gasteiger partial charge in [-0.15, -0.1) is 0 Å². The van der Waals surface area contributed by atoms with Gasteiger partial charge < -0.3 is 20.0 Å². The summed E-state index contributed by atoms with van der Waals surface area (Å²) >= 11 is 5.78. The van der Waals surface area contributed by atoms with Gasteiger partial charge in [-0.25, -0.2) is 4.39 Å². The molecule has 2 aliphatic rings. The second-order valence-electron chi connectivity index (χ2n) is 9.92. The summed E-state index contributed by atoms with van der Waals surface area (Å²) in [7, 11) is 0. The van der Waals surface area contributed by atoms with Crippen molar-refractivity contribution >= 4 is 29.5 Å². The molecule has 1 aromatic rings. The minimum atomic E-state index is -0.590. The van der Waals surface area contributed by atoms with Crippen molar-refractivity contribution < 1.29 is 24.2 Å². The van der Waals surface area contributed by atoms with Gasteiger partial charge in [0.15, 0.2) is 0 Å². The number of nitrogens with zero attached hydrogens (tertiary/aromatic N) is 3. The summed E-state index contributed by atoms with van der Waals surface area (Å²) in [5.41, 5.74) is 0.510. The molecule has 2 N–H and O–H groups in total. The molecule has 0 radical (unpaired) electrons. The van der Waals surface area contributed by atoms with Gasteiger partial charge in [-0.3, -0.25) is 14.5 Å². The Bertz CT molecular complexity index is 910. The summed E-state index contributed by atoms with van der Waals surface area (Å²) in [6, 6.07) is 4.23. The number of hydrogen-bond acceptors (Lipinski definition) is 5. The van der Waals surface area contributed by atoms with Crippen LogP contribution in [0.5, 0.6) is 0 Å². The molecule has 0 bridgehead atoms. The molecule has 2 saturated heterocycles. The average molecular weight is 496 g/mol. The molecular weight excluding hydrogens is 461 g/mol. The molecule has 2 atom stereocenters. The van der Waals surface area contributed by atoms with Gasteiger partial charge in [0.25, 0.3) is 0 Å². The predicted octanol–water partition coefficient (Wildman–Crippen LogP) is 2.40. The molecule has 188 valence electrons. The van der Waals surface area contributed by atoms with Crippen LogP contribution in [0.15, 0.2) is 24.3 Å². The summed E-state index contributed by atoms with van der Waals surface area (Å²) in [5.74, 6) is -0.771. The lowest BCUT2D eigenvalue weighted by Gasteiger charge is -2.41. The van der Waals surface area contributed by atoms with Crippen LogP contribution in [-0.2, 0) is 9.59 Å². The highest BCUT2D eigenvalue weighted by molar-refractivity contribution is 6.30. The summed E-state index contributed by atoms with van der Waals surface area (Å²) in [6.45, 7) is 7.52. The van der Waals surface area contributed by atoms with E-state index in [1.807, 2.05) is 0 Å². The molecular formula is C25H35ClFN3O4. The molecule has 34 heavy (non-hydrogen) atoms. The van der Waals surface area contributed by atoms with Gasteiger partial charge in [-0.1, -0.05) is 31.5 Å². The van der Waals surface area contributed by atoms with Crippen LogP contribution < -0.4 is 0 Å². The van der Waals surface area contributed by atoms with Crippen molar-refractivity contribution in [1.29, 1.82) is 0 Å². The van der Waals surface area contributed by atoms with Crippen LogP contribution in [0, 0.1) is 11.2 Å². The van der Waals surface area contributed by atoms with Crippen LogP contribution in [0.1, 0.15) is 38.7 Å². The summed E-state index contributed by atoms with van der Waals surface area (Å²) < 4.78 is 13.3. The van der Waals surface area contributed by atoms with Crippen molar-refractivity contribution in [2.45, 2.75) is 45.3 Å². The zero-order valence-corrected chi connectivity index (χ0v) is 20.7. The topological polar surface area (TPSA) is 84.3 Å². The first-order valence-electron chi connectivity index (χ1n) is 11.8. The maximum Gasteiger partial charge on any atom is 0.246 e. The lowest BCUT2D eigenvalue weighted by molar-refractivity contribution is -0.130. The van der Waals surface area contributed by atoms with Crippen LogP contribution in [0.3, 0.4) is 0 Å². The van der Waals surface area contributed by atoms with Gasteiger partial charge in [-0.05, 0) is 48.6 Å². The Balaban J connectivity index is 1.45. The smallest absolute Gasteiger partial charge is 0.246 e. The number of carbonyl (C=O) groups excluding carboxylic acids is 2. The Morgan fingerprint density at radius 2 is 2.06 bits per heavy atom. The van der Waals surface area contributed by atoms with E-state index >= 15 is 0 Å². The van der Waals surface area contributed by atoms with Gasteiger partial charge >= 0.3 is 0 Å². The third-order valence-corrected chi connectivity index (χ3v) is 7.16. The second-order valence-corrected chi connectivity index (χ2v) is 10.3. The van der Waals surface area contributed by atoms with Crippen molar-refractivity contribution in [2.24, 2.45) is 5.41 Å². The molecule has 0 spiro atoms. The molecule has 7 nitrogen and oxygen atoms in total. The molecule has 2 heterocycles. The number of likely N-dealkylation sites (tertiary alicyclic amines) is 1. The Hall–Kier alpha value is -2.00. The first kappa shape index (κ1) is 26.6. The van der Waals surface area contributed by atoms with Gasteiger partial charge in [0, 0.05) is 51.8 Å². The van der Waals surface area contributed by atoms with Crippen molar-refractivity contribution in [3.8, 4) is 0 Å². The number of amides is 2. The highest BCUT2D eigenvalue weighted by atomic mass is 35.5. The van der Waals surface area contributed by atoms with Gasteiger partial charge in [0.1, 0.15) is 5.82 Å². The normalized spacial score (nSPS) is 22.8. The minimum absolute atomic E-state index is 0.00639. The van der Waals surface area contributed by atoms with E-state index in [1.165, 1.54) is 24.3 Å². The molecule has 0 saturated carbocycles. The first-order valence-corrected chi connectivity index (χ1v) is 12.2. The average Bonchev–Trinajstić information content (AvgIpc) is 2.97. The number of hydrogen-bond donors (Lipinski definition) is 2. The zero-order chi connectivity index (χ0) is 24.9. The number of rotatable bonds is 7. The predicted molar refractivity (Wildman–Crippen MR) is 130 cm³/mol. The Labute approximate surface area is 205 Å². The van der Waals surface area contributed by atoms with E-state index in [2.05, 4.69) is 18.7 Å². The van der Waals surface area contributed by atoms with E-state index < -0.39 is 18.0 Å². The first-order chi connectivity index (χ1) is 16.0. The number of benzene rings is 1. The molecule has 9 heteroatoms. The quantitative estimate of drug-likeness (QED) is 0.567. The molecule has 0 aromatic heterocycles. The Kier molecular flexibility index (Phi) is 9.09.